The van der Waals surface area contributed by atoms with E-state index in [1.807, 2.05) is 6.20 Å². The summed E-state index contributed by atoms with van der Waals surface area (Å²) in [6, 6.07) is 0. The van der Waals surface area contributed by atoms with Crippen LogP contribution in [-0.4, -0.2) is 23.3 Å². The van der Waals surface area contributed by atoms with E-state index in [1.165, 1.54) is 30.6 Å². The van der Waals surface area contributed by atoms with Gasteiger partial charge in [0.15, 0.2) is 0 Å². The van der Waals surface area contributed by atoms with Crippen molar-refractivity contribution >= 4 is 0 Å². The van der Waals surface area contributed by atoms with Gasteiger partial charge in [0.05, 0.1) is 6.20 Å². The molecule has 0 aliphatic carbocycles. The Morgan fingerprint density at radius 1 is 1.44 bits per heavy atom. The van der Waals surface area contributed by atoms with Gasteiger partial charge >= 0.3 is 0 Å². The van der Waals surface area contributed by atoms with E-state index in [2.05, 4.69) is 36.3 Å². The number of nitrogens with zero attached hydrogens (tertiary/aromatic N) is 1. The summed E-state index contributed by atoms with van der Waals surface area (Å²) in [5.74, 6) is 0.773. The molecule has 2 N–H and O–H groups in total. The lowest BCUT2D eigenvalue weighted by atomic mass is 9.84. The van der Waals surface area contributed by atoms with Crippen LogP contribution in [0, 0.1) is 5.92 Å². The molecule has 1 unspecified atom stereocenters. The zero-order valence-electron chi connectivity index (χ0n) is 10.6. The van der Waals surface area contributed by atoms with Crippen LogP contribution in [0.4, 0.5) is 0 Å². The van der Waals surface area contributed by atoms with Gasteiger partial charge < -0.3 is 5.32 Å². The summed E-state index contributed by atoms with van der Waals surface area (Å²) < 4.78 is 0. The predicted octanol–water partition coefficient (Wildman–Crippen LogP) is 2.25. The van der Waals surface area contributed by atoms with Crippen molar-refractivity contribution in [1.29, 1.82) is 0 Å². The molecular formula is C13H23N3. The van der Waals surface area contributed by atoms with Crippen molar-refractivity contribution in [2.75, 3.05) is 13.1 Å². The highest BCUT2D eigenvalue weighted by atomic mass is 15.1. The van der Waals surface area contributed by atoms with E-state index in [9.17, 15) is 0 Å². The smallest absolute Gasteiger partial charge is 0.0527 e. The highest BCUT2D eigenvalue weighted by Gasteiger charge is 2.22. The molecule has 3 nitrogen and oxygen atoms in total. The summed E-state index contributed by atoms with van der Waals surface area (Å²) in [4.78, 5) is 0. The largest absolute Gasteiger partial charge is 0.316 e. The fourth-order valence-electron chi connectivity index (χ4n) is 2.50. The molecule has 1 fully saturated rings. The van der Waals surface area contributed by atoms with Crippen LogP contribution in [0.1, 0.15) is 44.9 Å². The Labute approximate surface area is 98.0 Å². The van der Waals surface area contributed by atoms with E-state index in [4.69, 9.17) is 0 Å². The zero-order valence-corrected chi connectivity index (χ0v) is 10.6. The lowest BCUT2D eigenvalue weighted by molar-refractivity contribution is 0.371. The molecule has 1 aliphatic heterocycles. The van der Waals surface area contributed by atoms with E-state index < -0.39 is 0 Å². The first-order chi connectivity index (χ1) is 7.57. The van der Waals surface area contributed by atoms with Gasteiger partial charge in [0.25, 0.3) is 0 Å². The monoisotopic (exact) mass is 221 g/mol. The molecule has 1 aliphatic rings. The molecule has 0 bridgehead atoms. The predicted molar refractivity (Wildman–Crippen MR) is 66.6 cm³/mol. The maximum Gasteiger partial charge on any atom is 0.0527 e. The highest BCUT2D eigenvalue weighted by molar-refractivity contribution is 5.25. The van der Waals surface area contributed by atoms with Gasteiger partial charge in [-0.2, -0.15) is 5.10 Å². The zero-order chi connectivity index (χ0) is 11.6. The van der Waals surface area contributed by atoms with Gasteiger partial charge in [0, 0.05) is 5.69 Å². The number of aromatic amines is 1. The Hall–Kier alpha value is -0.830. The van der Waals surface area contributed by atoms with Crippen molar-refractivity contribution in [1.82, 2.24) is 15.5 Å². The van der Waals surface area contributed by atoms with Crippen molar-refractivity contribution < 1.29 is 0 Å². The summed E-state index contributed by atoms with van der Waals surface area (Å²) in [6.07, 6.45) is 5.78. The Bertz CT molecular complexity index is 329. The number of piperidine rings is 1. The van der Waals surface area contributed by atoms with Gasteiger partial charge in [-0.15, -0.1) is 0 Å². The van der Waals surface area contributed by atoms with Crippen LogP contribution in [0.15, 0.2) is 6.20 Å². The summed E-state index contributed by atoms with van der Waals surface area (Å²) in [7, 11) is 0. The average Bonchev–Trinajstić information content (AvgIpc) is 2.67. The lowest BCUT2D eigenvalue weighted by Gasteiger charge is -2.24. The lowest BCUT2D eigenvalue weighted by Crippen LogP contribution is -2.31. The van der Waals surface area contributed by atoms with Crippen LogP contribution < -0.4 is 5.32 Å². The molecule has 0 amide bonds. The van der Waals surface area contributed by atoms with Gasteiger partial charge in [-0.1, -0.05) is 20.8 Å². The molecule has 2 rings (SSSR count). The van der Waals surface area contributed by atoms with E-state index in [-0.39, 0.29) is 5.41 Å². The standard InChI is InChI=1S/C13H23N3/c1-13(2,3)11-9-15-16-12(11)7-10-5-4-6-14-8-10/h9-10,14H,4-8H2,1-3H3,(H,15,16). The average molecular weight is 221 g/mol. The molecule has 0 aromatic carbocycles. The van der Waals surface area contributed by atoms with Gasteiger partial charge in [-0.25, -0.2) is 0 Å². The van der Waals surface area contributed by atoms with Gasteiger partial charge in [0.2, 0.25) is 0 Å². The summed E-state index contributed by atoms with van der Waals surface area (Å²) in [5.41, 5.74) is 2.91. The molecule has 90 valence electrons. The molecule has 0 spiro atoms. The molecule has 1 aromatic heterocycles. The highest BCUT2D eigenvalue weighted by Crippen LogP contribution is 2.27. The van der Waals surface area contributed by atoms with Gasteiger partial charge in [-0.3, -0.25) is 5.10 Å². The first-order valence-corrected chi connectivity index (χ1v) is 6.31. The van der Waals surface area contributed by atoms with E-state index in [1.54, 1.807) is 0 Å². The van der Waals surface area contributed by atoms with Crippen molar-refractivity contribution in [2.45, 2.75) is 45.4 Å². The molecule has 1 atom stereocenters. The number of aromatic nitrogens is 2. The van der Waals surface area contributed by atoms with Crippen molar-refractivity contribution in [2.24, 2.45) is 5.92 Å². The second-order valence-corrected chi connectivity index (χ2v) is 5.93. The molecular weight excluding hydrogens is 198 g/mol. The van der Waals surface area contributed by atoms with Crippen molar-refractivity contribution in [3.63, 3.8) is 0 Å². The second-order valence-electron chi connectivity index (χ2n) is 5.93. The number of nitrogens with one attached hydrogen (secondary N) is 2. The molecule has 3 heteroatoms. The minimum Gasteiger partial charge on any atom is -0.316 e. The minimum atomic E-state index is 0.199. The SMILES string of the molecule is CC(C)(C)c1cn[nH]c1CC1CCCNC1. The molecule has 0 saturated carbocycles. The van der Waals surface area contributed by atoms with Crippen LogP contribution in [-0.2, 0) is 11.8 Å². The third-order valence-corrected chi connectivity index (χ3v) is 3.42. The minimum absolute atomic E-state index is 0.199. The summed E-state index contributed by atoms with van der Waals surface area (Å²) in [5, 5.41) is 10.9. The maximum atomic E-state index is 4.21. The quantitative estimate of drug-likeness (QED) is 0.804. The van der Waals surface area contributed by atoms with Crippen LogP contribution in [0.2, 0.25) is 0 Å². The van der Waals surface area contributed by atoms with Gasteiger partial charge in [-0.05, 0) is 49.2 Å². The van der Waals surface area contributed by atoms with Crippen LogP contribution in [0.3, 0.4) is 0 Å². The third-order valence-electron chi connectivity index (χ3n) is 3.42. The van der Waals surface area contributed by atoms with E-state index in [0.29, 0.717) is 0 Å². The Morgan fingerprint density at radius 3 is 2.88 bits per heavy atom. The number of rotatable bonds is 2. The van der Waals surface area contributed by atoms with Crippen molar-refractivity contribution in [3.8, 4) is 0 Å². The number of hydrogen-bond acceptors (Lipinski definition) is 2. The fraction of sp³-hybridized carbons (Fsp3) is 0.769. The molecule has 16 heavy (non-hydrogen) atoms. The van der Waals surface area contributed by atoms with Crippen LogP contribution in [0.25, 0.3) is 0 Å². The molecule has 1 aromatic rings. The Balaban J connectivity index is 2.06. The normalized spacial score (nSPS) is 22.3. The van der Waals surface area contributed by atoms with E-state index in [0.717, 1.165) is 18.9 Å². The van der Waals surface area contributed by atoms with Crippen molar-refractivity contribution in [3.05, 3.63) is 17.5 Å². The number of hydrogen-bond donors (Lipinski definition) is 2. The molecule has 1 saturated heterocycles. The Kier molecular flexibility index (Phi) is 3.33. The molecule has 0 radical (unpaired) electrons. The third kappa shape index (κ3) is 2.64. The Morgan fingerprint density at radius 2 is 2.25 bits per heavy atom. The first kappa shape index (κ1) is 11.6. The topological polar surface area (TPSA) is 40.7 Å². The second kappa shape index (κ2) is 4.58. The summed E-state index contributed by atoms with van der Waals surface area (Å²) in [6.45, 7) is 9.09. The first-order valence-electron chi connectivity index (χ1n) is 6.31. The van der Waals surface area contributed by atoms with Crippen LogP contribution >= 0.6 is 0 Å². The maximum absolute atomic E-state index is 4.21. The van der Waals surface area contributed by atoms with E-state index >= 15 is 0 Å². The van der Waals surface area contributed by atoms with Gasteiger partial charge in [0.1, 0.15) is 0 Å². The number of H-pyrrole nitrogens is 1. The van der Waals surface area contributed by atoms with Crippen LogP contribution in [0.5, 0.6) is 0 Å². The summed E-state index contributed by atoms with van der Waals surface area (Å²) >= 11 is 0. The fourth-order valence-corrected chi connectivity index (χ4v) is 2.50. The molecule has 2 heterocycles.